The first-order valence-electron chi connectivity index (χ1n) is 13.8. The number of rotatable bonds is 6. The van der Waals surface area contributed by atoms with Gasteiger partial charge in [-0.25, -0.2) is 0 Å². The van der Waals surface area contributed by atoms with Gasteiger partial charge < -0.3 is 14.4 Å². The quantitative estimate of drug-likeness (QED) is 0.433. The van der Waals surface area contributed by atoms with Gasteiger partial charge in [-0.05, 0) is 73.4 Å². The van der Waals surface area contributed by atoms with Crippen LogP contribution in [0.3, 0.4) is 0 Å². The van der Waals surface area contributed by atoms with Crippen LogP contribution in [0.5, 0.6) is 0 Å². The molecule has 1 saturated carbocycles. The Labute approximate surface area is 227 Å². The summed E-state index contributed by atoms with van der Waals surface area (Å²) in [6.45, 7) is 8.74. The van der Waals surface area contributed by atoms with Crippen molar-refractivity contribution in [1.29, 1.82) is 0 Å². The third-order valence-corrected chi connectivity index (χ3v) is 8.57. The summed E-state index contributed by atoms with van der Waals surface area (Å²) < 4.78 is 44.9. The molecular formula is C30H35F3N6. The summed E-state index contributed by atoms with van der Waals surface area (Å²) in [5.41, 5.74) is 2.00. The normalized spacial score (nSPS) is 23.3. The molecule has 1 aliphatic carbocycles. The zero-order chi connectivity index (χ0) is 27.3. The highest BCUT2D eigenvalue weighted by Gasteiger charge is 2.43. The smallest absolute Gasteiger partial charge is 0.320 e. The number of alkyl halides is 3. The molecule has 0 amide bonds. The van der Waals surface area contributed by atoms with Gasteiger partial charge >= 0.3 is 6.18 Å². The van der Waals surface area contributed by atoms with Gasteiger partial charge in [0.15, 0.2) is 0 Å². The fourth-order valence-electron chi connectivity index (χ4n) is 6.39. The zero-order valence-electron chi connectivity index (χ0n) is 22.5. The van der Waals surface area contributed by atoms with Crippen molar-refractivity contribution >= 4 is 5.69 Å². The van der Waals surface area contributed by atoms with Gasteiger partial charge in [-0.3, -0.25) is 4.90 Å². The molecule has 2 aromatic rings. The molecule has 1 aromatic heterocycles. The monoisotopic (exact) mass is 536 g/mol. The van der Waals surface area contributed by atoms with E-state index in [4.69, 9.17) is 0 Å². The molecule has 9 heteroatoms. The van der Waals surface area contributed by atoms with Gasteiger partial charge in [0, 0.05) is 44.1 Å². The Bertz CT molecular complexity index is 1350. The van der Waals surface area contributed by atoms with E-state index in [1.165, 1.54) is 18.9 Å². The molecule has 39 heavy (non-hydrogen) atoms. The van der Waals surface area contributed by atoms with Crippen molar-refractivity contribution in [2.24, 2.45) is 18.9 Å². The second kappa shape index (κ2) is 10.0. The average Bonchev–Trinajstić information content (AvgIpc) is 3.43. The SMILES string of the molecule is C=C1N2C=C(CN3CCC[C@H](C)C3)C=C(C(F)(F)F)C2=CN1c1cccc(C(c2nncn2C)C2CCC2)c1. The number of piperidine rings is 1. The van der Waals surface area contributed by atoms with Crippen LogP contribution >= 0.6 is 0 Å². The maximum atomic E-state index is 14.3. The number of hydrogen-bond acceptors (Lipinski definition) is 5. The second-order valence-corrected chi connectivity index (χ2v) is 11.5. The lowest BCUT2D eigenvalue weighted by Crippen LogP contribution is -2.36. The highest BCUT2D eigenvalue weighted by molar-refractivity contribution is 5.64. The summed E-state index contributed by atoms with van der Waals surface area (Å²) in [5.74, 6) is 2.51. The number of anilines is 1. The first kappa shape index (κ1) is 25.9. The van der Waals surface area contributed by atoms with E-state index in [-0.39, 0.29) is 11.6 Å². The Morgan fingerprint density at radius 3 is 2.59 bits per heavy atom. The van der Waals surface area contributed by atoms with Crippen LogP contribution in [0.25, 0.3) is 0 Å². The van der Waals surface area contributed by atoms with E-state index in [1.54, 1.807) is 22.3 Å². The van der Waals surface area contributed by atoms with E-state index in [0.717, 1.165) is 49.4 Å². The Balaban J connectivity index is 1.32. The Morgan fingerprint density at radius 1 is 1.10 bits per heavy atom. The molecule has 0 radical (unpaired) electrons. The number of benzene rings is 1. The maximum absolute atomic E-state index is 14.3. The number of fused-ring (bicyclic) bond motifs is 1. The standard InChI is InChI=1S/C30H35F3N6/c1-20-7-6-12-37(15-20)16-22-13-26(30(31,32)33)27-18-38(21(2)39(27)17-22)25-11-5-10-24(14-25)28(23-8-4-9-23)29-35-34-19-36(29)3/h5,10-11,13-14,17-20,23,28H,2,4,6-9,12,15-16H2,1,3H3/t20-,28?/m0/s1. The third kappa shape index (κ3) is 4.93. The fraction of sp³-hybridized carbons (Fsp3) is 0.467. The minimum absolute atomic E-state index is 0.0846. The highest BCUT2D eigenvalue weighted by Crippen LogP contribution is 2.46. The number of hydrogen-bond donors (Lipinski definition) is 0. The van der Waals surface area contributed by atoms with Crippen LogP contribution in [0.15, 0.2) is 78.3 Å². The number of aromatic nitrogens is 3. The van der Waals surface area contributed by atoms with Crippen molar-refractivity contribution in [1.82, 2.24) is 24.6 Å². The number of likely N-dealkylation sites (tertiary alicyclic amines) is 1. The van der Waals surface area contributed by atoms with Crippen molar-refractivity contribution in [3.05, 3.63) is 89.7 Å². The Morgan fingerprint density at radius 2 is 1.92 bits per heavy atom. The van der Waals surface area contributed by atoms with Crippen molar-refractivity contribution in [2.45, 2.75) is 51.1 Å². The zero-order valence-corrected chi connectivity index (χ0v) is 22.5. The van der Waals surface area contributed by atoms with Gasteiger partial charge in [0.25, 0.3) is 0 Å². The van der Waals surface area contributed by atoms with Crippen LogP contribution < -0.4 is 4.90 Å². The summed E-state index contributed by atoms with van der Waals surface area (Å²) in [5, 5.41) is 8.52. The van der Waals surface area contributed by atoms with Crippen LogP contribution in [0, 0.1) is 11.8 Å². The molecule has 0 bridgehead atoms. The Hall–Kier alpha value is -3.33. The molecule has 6 rings (SSSR count). The third-order valence-electron chi connectivity index (χ3n) is 8.57. The molecule has 4 heterocycles. The van der Waals surface area contributed by atoms with E-state index in [2.05, 4.69) is 40.7 Å². The lowest BCUT2D eigenvalue weighted by atomic mass is 9.72. The fourth-order valence-corrected chi connectivity index (χ4v) is 6.39. The highest BCUT2D eigenvalue weighted by atomic mass is 19.4. The summed E-state index contributed by atoms with van der Waals surface area (Å²) in [6.07, 6.45) is 7.63. The lowest BCUT2D eigenvalue weighted by molar-refractivity contribution is -0.0909. The minimum atomic E-state index is -4.47. The van der Waals surface area contributed by atoms with Crippen LogP contribution in [-0.4, -0.2) is 50.4 Å². The molecule has 1 saturated heterocycles. The van der Waals surface area contributed by atoms with E-state index in [0.29, 0.717) is 29.8 Å². The van der Waals surface area contributed by atoms with Gasteiger partial charge in [0.1, 0.15) is 18.0 Å². The second-order valence-electron chi connectivity index (χ2n) is 11.5. The van der Waals surface area contributed by atoms with E-state index in [1.807, 2.05) is 29.9 Å². The average molecular weight is 537 g/mol. The van der Waals surface area contributed by atoms with Gasteiger partial charge in [-0.1, -0.05) is 32.1 Å². The largest absolute Gasteiger partial charge is 0.418 e. The summed E-state index contributed by atoms with van der Waals surface area (Å²) in [4.78, 5) is 5.63. The van der Waals surface area contributed by atoms with Gasteiger partial charge in [-0.15, -0.1) is 10.2 Å². The van der Waals surface area contributed by atoms with Crippen molar-refractivity contribution in [2.75, 3.05) is 24.5 Å². The molecule has 4 aliphatic rings. The van der Waals surface area contributed by atoms with Crippen LogP contribution in [0.1, 0.15) is 56.3 Å². The molecule has 1 aromatic carbocycles. The van der Waals surface area contributed by atoms with Crippen molar-refractivity contribution in [3.8, 4) is 0 Å². The molecule has 1 unspecified atom stereocenters. The molecule has 6 nitrogen and oxygen atoms in total. The molecule has 2 atom stereocenters. The molecule has 3 aliphatic heterocycles. The first-order valence-corrected chi connectivity index (χ1v) is 13.8. The molecule has 0 spiro atoms. The summed E-state index contributed by atoms with van der Waals surface area (Å²) in [6, 6.07) is 8.04. The number of aryl methyl sites for hydroxylation is 1. The number of halogens is 3. The number of allylic oxidation sites excluding steroid dienone is 1. The maximum Gasteiger partial charge on any atom is 0.418 e. The predicted molar refractivity (Wildman–Crippen MR) is 145 cm³/mol. The van der Waals surface area contributed by atoms with E-state index < -0.39 is 11.7 Å². The van der Waals surface area contributed by atoms with Crippen molar-refractivity contribution in [3.63, 3.8) is 0 Å². The molecule has 206 valence electrons. The van der Waals surface area contributed by atoms with E-state index >= 15 is 0 Å². The molecule has 0 N–H and O–H groups in total. The van der Waals surface area contributed by atoms with Crippen LogP contribution in [-0.2, 0) is 7.05 Å². The molecule has 2 fully saturated rings. The summed E-state index contributed by atoms with van der Waals surface area (Å²) in [7, 11) is 1.95. The van der Waals surface area contributed by atoms with Crippen LogP contribution in [0.2, 0.25) is 0 Å². The van der Waals surface area contributed by atoms with Crippen LogP contribution in [0.4, 0.5) is 18.9 Å². The van der Waals surface area contributed by atoms with Gasteiger partial charge in [0.05, 0.1) is 11.3 Å². The Kier molecular flexibility index (Phi) is 6.65. The number of nitrogens with zero attached hydrogens (tertiary/aromatic N) is 6. The van der Waals surface area contributed by atoms with Gasteiger partial charge in [0.2, 0.25) is 0 Å². The van der Waals surface area contributed by atoms with Gasteiger partial charge in [-0.2, -0.15) is 13.2 Å². The lowest BCUT2D eigenvalue weighted by Gasteiger charge is -2.34. The van der Waals surface area contributed by atoms with Crippen molar-refractivity contribution < 1.29 is 13.2 Å². The predicted octanol–water partition coefficient (Wildman–Crippen LogP) is 6.30. The van der Waals surface area contributed by atoms with E-state index in [9.17, 15) is 13.2 Å². The minimum Gasteiger partial charge on any atom is -0.320 e. The molecular weight excluding hydrogens is 501 g/mol. The topological polar surface area (TPSA) is 40.4 Å². The first-order chi connectivity index (χ1) is 18.7. The summed E-state index contributed by atoms with van der Waals surface area (Å²) >= 11 is 0.